The van der Waals surface area contributed by atoms with Gasteiger partial charge in [-0.15, -0.1) is 0 Å². The number of fused-ring (bicyclic) bond motifs is 3. The third-order valence-electron chi connectivity index (χ3n) is 3.83. The van der Waals surface area contributed by atoms with Gasteiger partial charge < -0.3 is 14.7 Å². The Balaban J connectivity index is 0.000000980. The minimum Gasteiger partial charge on any atom is -0.365 e. The van der Waals surface area contributed by atoms with Crippen LogP contribution < -0.4 is 5.73 Å². The molecule has 3 rings (SSSR count). The number of rotatable bonds is 2. The predicted octanol–water partition coefficient (Wildman–Crippen LogP) is -0.602. The van der Waals surface area contributed by atoms with Crippen LogP contribution in [0.5, 0.6) is 0 Å². The van der Waals surface area contributed by atoms with E-state index in [4.69, 9.17) is 5.73 Å². The van der Waals surface area contributed by atoms with E-state index >= 15 is 0 Å². The van der Waals surface area contributed by atoms with Gasteiger partial charge in [-0.3, -0.25) is 4.79 Å². The number of carbonyl (C=O) groups excluding carboxylic acids is 1. The molecule has 2 N–H and O–H groups in total. The number of quaternary nitrogens is 2. The first kappa shape index (κ1) is 11.5. The molecule has 0 atom stereocenters. The summed E-state index contributed by atoms with van der Waals surface area (Å²) >= 11 is 0. The topological polar surface area (TPSA) is 43.1 Å². The fourth-order valence-electron chi connectivity index (χ4n) is 2.60. The zero-order valence-electron chi connectivity index (χ0n) is 8.33. The minimum atomic E-state index is -0.141. The van der Waals surface area contributed by atoms with Crippen molar-refractivity contribution in [2.75, 3.05) is 52.9 Å². The smallest absolute Gasteiger partial charge is 0.272 e. The highest BCUT2D eigenvalue weighted by molar-refractivity contribution is 5.74. The molecule has 0 aromatic rings. The molecule has 1 amide bonds. The number of hydrogen-bond donors (Lipinski definition) is 1. The number of primary amides is 1. The number of likely N-dealkylation sites (N-methyl/N-ethyl adjacent to an activating group) is 1. The van der Waals surface area contributed by atoms with Crippen molar-refractivity contribution in [2.45, 2.75) is 7.43 Å². The summed E-state index contributed by atoms with van der Waals surface area (Å²) in [4.78, 5) is 10.9. The van der Waals surface area contributed by atoms with Gasteiger partial charge in [-0.25, -0.2) is 0 Å². The van der Waals surface area contributed by atoms with E-state index < -0.39 is 0 Å². The van der Waals surface area contributed by atoms with Crippen LogP contribution in [0.2, 0.25) is 0 Å². The van der Waals surface area contributed by atoms with E-state index in [1.165, 1.54) is 24.1 Å². The molecule has 3 saturated heterocycles. The summed E-state index contributed by atoms with van der Waals surface area (Å²) < 4.78 is 2.17. The number of piperazine rings is 3. The first-order chi connectivity index (χ1) is 6.04. The molecule has 3 fully saturated rings. The fraction of sp³-hybridized carbons (Fsp3) is 0.900. The van der Waals surface area contributed by atoms with Crippen molar-refractivity contribution < 1.29 is 13.8 Å². The van der Waals surface area contributed by atoms with Crippen LogP contribution in [0.15, 0.2) is 0 Å². The van der Waals surface area contributed by atoms with Crippen LogP contribution in [-0.4, -0.2) is 67.7 Å². The summed E-state index contributed by atoms with van der Waals surface area (Å²) in [6.45, 7) is 7.62. The van der Waals surface area contributed by atoms with Crippen LogP contribution in [0.1, 0.15) is 7.43 Å². The van der Waals surface area contributed by atoms with Gasteiger partial charge in [0, 0.05) is 0 Å². The van der Waals surface area contributed by atoms with E-state index in [0.29, 0.717) is 6.54 Å². The molecule has 3 aliphatic heterocycles. The molecule has 82 valence electrons. The second-order valence-electron chi connectivity index (χ2n) is 4.93. The maximum absolute atomic E-state index is 10.9. The summed E-state index contributed by atoms with van der Waals surface area (Å²) in [6.07, 6.45) is 0. The molecule has 14 heavy (non-hydrogen) atoms. The molecular formula is C10H23N3O+2. The maximum Gasteiger partial charge on any atom is 0.272 e. The Morgan fingerprint density at radius 1 is 1.14 bits per heavy atom. The van der Waals surface area contributed by atoms with Crippen molar-refractivity contribution in [3.63, 3.8) is 0 Å². The van der Waals surface area contributed by atoms with Gasteiger partial charge in [0.25, 0.3) is 5.91 Å². The Morgan fingerprint density at radius 3 is 1.93 bits per heavy atom. The number of amides is 1. The van der Waals surface area contributed by atoms with Crippen molar-refractivity contribution in [2.24, 2.45) is 5.73 Å². The van der Waals surface area contributed by atoms with Crippen LogP contribution >= 0.6 is 0 Å². The molecule has 0 saturated carbocycles. The van der Waals surface area contributed by atoms with Crippen LogP contribution in [-0.2, 0) is 4.79 Å². The van der Waals surface area contributed by atoms with Gasteiger partial charge in [0.05, 0.1) is 7.05 Å². The van der Waals surface area contributed by atoms with Crippen molar-refractivity contribution in [3.05, 3.63) is 0 Å². The third-order valence-corrected chi connectivity index (χ3v) is 3.83. The van der Waals surface area contributed by atoms with E-state index in [1.807, 2.05) is 0 Å². The molecule has 0 aliphatic carbocycles. The van der Waals surface area contributed by atoms with Crippen molar-refractivity contribution in [3.8, 4) is 0 Å². The van der Waals surface area contributed by atoms with E-state index in [9.17, 15) is 4.79 Å². The monoisotopic (exact) mass is 201 g/mol. The lowest BCUT2D eigenvalue weighted by Crippen LogP contribution is -2.74. The summed E-state index contributed by atoms with van der Waals surface area (Å²) in [7, 11) is 2.32. The van der Waals surface area contributed by atoms with Gasteiger partial charge in [0.15, 0.2) is 6.54 Å². The van der Waals surface area contributed by atoms with Gasteiger partial charge in [-0.1, -0.05) is 7.43 Å². The number of hydrogen-bond acceptors (Lipinski definition) is 1. The molecule has 4 nitrogen and oxygen atoms in total. The lowest BCUT2D eigenvalue weighted by molar-refractivity contribution is -1.07. The zero-order valence-corrected chi connectivity index (χ0v) is 8.33. The molecule has 0 spiro atoms. The first-order valence-corrected chi connectivity index (χ1v) is 5.01. The summed E-state index contributed by atoms with van der Waals surface area (Å²) in [5.74, 6) is -0.141. The van der Waals surface area contributed by atoms with Crippen molar-refractivity contribution >= 4 is 5.91 Å². The summed E-state index contributed by atoms with van der Waals surface area (Å²) in [5.41, 5.74) is 5.27. The minimum absolute atomic E-state index is 0. The standard InChI is InChI=1S/C9H18N3O.CH4/c1-11-2-5-12(6-3-11,7-4-11)8-9(10)13;/h2-8H2,1H3,(H-,10,13);1H4/q+1;/p+1. The van der Waals surface area contributed by atoms with E-state index in [2.05, 4.69) is 7.05 Å². The quantitative estimate of drug-likeness (QED) is 0.596. The van der Waals surface area contributed by atoms with E-state index in [1.54, 1.807) is 0 Å². The summed E-state index contributed by atoms with van der Waals surface area (Å²) in [6, 6.07) is 0. The third kappa shape index (κ3) is 1.91. The highest BCUT2D eigenvalue weighted by atomic mass is 16.1. The van der Waals surface area contributed by atoms with Gasteiger partial charge >= 0.3 is 0 Å². The van der Waals surface area contributed by atoms with E-state index in [0.717, 1.165) is 24.1 Å². The van der Waals surface area contributed by atoms with Crippen molar-refractivity contribution in [1.29, 1.82) is 0 Å². The fourth-order valence-corrected chi connectivity index (χ4v) is 2.60. The normalized spacial score (nSPS) is 40.4. The largest absolute Gasteiger partial charge is 0.365 e. The highest BCUT2D eigenvalue weighted by Crippen LogP contribution is 2.23. The maximum atomic E-state index is 10.9. The Kier molecular flexibility index (Phi) is 2.88. The molecule has 0 unspecified atom stereocenters. The van der Waals surface area contributed by atoms with Gasteiger partial charge in [-0.05, 0) is 0 Å². The van der Waals surface area contributed by atoms with Crippen molar-refractivity contribution in [1.82, 2.24) is 0 Å². The van der Waals surface area contributed by atoms with Crippen LogP contribution in [0.25, 0.3) is 0 Å². The molecule has 0 aromatic heterocycles. The average Bonchev–Trinajstić information content (AvgIpc) is 2.07. The Morgan fingerprint density at radius 2 is 1.57 bits per heavy atom. The average molecular weight is 201 g/mol. The van der Waals surface area contributed by atoms with Gasteiger partial charge in [-0.2, -0.15) is 0 Å². The molecular weight excluding hydrogens is 178 g/mol. The van der Waals surface area contributed by atoms with Gasteiger partial charge in [0.2, 0.25) is 0 Å². The SMILES string of the molecule is C.C[N+]12CC[N+](CC(N)=O)(CC1)CC2. The number of nitrogens with two attached hydrogens (primary N) is 1. The molecule has 4 heteroatoms. The molecule has 0 aromatic carbocycles. The van der Waals surface area contributed by atoms with E-state index in [-0.39, 0.29) is 13.3 Å². The molecule has 3 aliphatic rings. The van der Waals surface area contributed by atoms with Crippen LogP contribution in [0.3, 0.4) is 0 Å². The second-order valence-corrected chi connectivity index (χ2v) is 4.93. The van der Waals surface area contributed by atoms with Crippen LogP contribution in [0.4, 0.5) is 0 Å². The Labute approximate surface area is 86.5 Å². The second kappa shape index (κ2) is 3.51. The molecule has 2 bridgehead atoms. The Bertz CT molecular complexity index is 215. The lowest BCUT2D eigenvalue weighted by atomic mass is 10.1. The summed E-state index contributed by atoms with van der Waals surface area (Å²) in [5, 5.41) is 0. The number of carbonyl (C=O) groups is 1. The van der Waals surface area contributed by atoms with Crippen LogP contribution in [0, 0.1) is 0 Å². The Hall–Kier alpha value is -0.610. The lowest BCUT2D eigenvalue weighted by Gasteiger charge is -2.53. The molecule has 0 radical (unpaired) electrons. The molecule has 3 heterocycles. The van der Waals surface area contributed by atoms with Gasteiger partial charge in [0.1, 0.15) is 39.3 Å². The zero-order chi connectivity index (χ0) is 9.53. The number of nitrogens with zero attached hydrogens (tertiary/aromatic N) is 2. The highest BCUT2D eigenvalue weighted by Gasteiger charge is 2.47. The predicted molar refractivity (Wildman–Crippen MR) is 56.4 cm³/mol. The first-order valence-electron chi connectivity index (χ1n) is 5.01.